The largest absolute Gasteiger partial charge is 0.493 e. The van der Waals surface area contributed by atoms with Gasteiger partial charge in [0.25, 0.3) is 0 Å². The lowest BCUT2D eigenvalue weighted by atomic mass is 10.1. The van der Waals surface area contributed by atoms with Crippen molar-refractivity contribution in [3.63, 3.8) is 0 Å². The van der Waals surface area contributed by atoms with Crippen LogP contribution >= 0.6 is 15.9 Å². The molecule has 20 heavy (non-hydrogen) atoms. The summed E-state index contributed by atoms with van der Waals surface area (Å²) in [5.41, 5.74) is 2.07. The summed E-state index contributed by atoms with van der Waals surface area (Å²) in [6.45, 7) is 5.90. The number of halogens is 1. The van der Waals surface area contributed by atoms with Crippen LogP contribution < -0.4 is 10.1 Å². The highest BCUT2D eigenvalue weighted by Gasteiger charge is 2.25. The van der Waals surface area contributed by atoms with E-state index in [0.717, 1.165) is 41.2 Å². The predicted molar refractivity (Wildman–Crippen MR) is 81.0 cm³/mol. The number of ether oxygens (including phenoxy) is 1. The summed E-state index contributed by atoms with van der Waals surface area (Å²) in [5, 5.41) is 7.90. The zero-order valence-electron chi connectivity index (χ0n) is 12.0. The molecular formula is C14H20BrN3O2. The molecule has 0 aliphatic carbocycles. The Balaban J connectivity index is 2.48. The topological polar surface area (TPSA) is 52.2 Å². The zero-order valence-corrected chi connectivity index (χ0v) is 13.6. The first-order valence-electron chi connectivity index (χ1n) is 6.78. The Hall–Kier alpha value is -1.27. The molecule has 0 saturated heterocycles. The van der Waals surface area contributed by atoms with Gasteiger partial charge in [-0.05, 0) is 35.0 Å². The van der Waals surface area contributed by atoms with Crippen LogP contribution in [0.1, 0.15) is 37.6 Å². The Kier molecular flexibility index (Phi) is 5.25. The Morgan fingerprint density at radius 3 is 2.85 bits per heavy atom. The molecule has 0 fully saturated rings. The summed E-state index contributed by atoms with van der Waals surface area (Å²) in [6, 6.07) is 1.94. The number of hydrogen-bond acceptors (Lipinski definition) is 4. The molecule has 0 amide bonds. The summed E-state index contributed by atoms with van der Waals surface area (Å²) >= 11 is 3.46. The van der Waals surface area contributed by atoms with E-state index in [9.17, 15) is 0 Å². The minimum Gasteiger partial charge on any atom is -0.493 e. The first-order valence-corrected chi connectivity index (χ1v) is 7.58. The molecule has 2 aromatic rings. The molecule has 1 atom stereocenters. The van der Waals surface area contributed by atoms with Gasteiger partial charge in [-0.1, -0.05) is 13.8 Å². The van der Waals surface area contributed by atoms with Crippen LogP contribution in [0.25, 0.3) is 0 Å². The van der Waals surface area contributed by atoms with Gasteiger partial charge in [-0.15, -0.1) is 0 Å². The molecule has 2 rings (SSSR count). The van der Waals surface area contributed by atoms with Crippen molar-refractivity contribution in [2.45, 2.75) is 32.9 Å². The average molecular weight is 342 g/mol. The van der Waals surface area contributed by atoms with Crippen LogP contribution in [0.15, 0.2) is 27.6 Å². The molecule has 0 saturated carbocycles. The third-order valence-corrected chi connectivity index (χ3v) is 3.78. The van der Waals surface area contributed by atoms with Crippen molar-refractivity contribution >= 4 is 15.9 Å². The standard InChI is InChI=1S/C14H20BrN3O2/c1-4-7-18-13(11(19-3)9-17-18)12(16-5-2)10-6-8-20-14(10)15/h6,8-9,12,16H,4-5,7H2,1-3H3. The second-order valence-corrected chi connectivity index (χ2v) is 5.18. The van der Waals surface area contributed by atoms with Crippen molar-refractivity contribution in [1.82, 2.24) is 15.1 Å². The van der Waals surface area contributed by atoms with Crippen LogP contribution in [0, 0.1) is 0 Å². The number of aryl methyl sites for hydroxylation is 1. The average Bonchev–Trinajstić information content (AvgIpc) is 3.03. The van der Waals surface area contributed by atoms with Gasteiger partial charge in [0, 0.05) is 12.1 Å². The third-order valence-electron chi connectivity index (χ3n) is 3.14. The van der Waals surface area contributed by atoms with E-state index < -0.39 is 0 Å². The summed E-state index contributed by atoms with van der Waals surface area (Å²) in [5.74, 6) is 0.789. The van der Waals surface area contributed by atoms with E-state index in [2.05, 4.69) is 40.2 Å². The van der Waals surface area contributed by atoms with Gasteiger partial charge in [0.05, 0.1) is 25.6 Å². The number of methoxy groups -OCH3 is 1. The summed E-state index contributed by atoms with van der Waals surface area (Å²) in [4.78, 5) is 0. The summed E-state index contributed by atoms with van der Waals surface area (Å²) < 4.78 is 13.6. The highest BCUT2D eigenvalue weighted by atomic mass is 79.9. The van der Waals surface area contributed by atoms with Crippen LogP contribution in [-0.2, 0) is 6.54 Å². The Morgan fingerprint density at radius 2 is 2.30 bits per heavy atom. The maximum absolute atomic E-state index is 5.47. The smallest absolute Gasteiger partial charge is 0.174 e. The van der Waals surface area contributed by atoms with E-state index in [0.29, 0.717) is 0 Å². The van der Waals surface area contributed by atoms with Gasteiger partial charge in [-0.2, -0.15) is 5.10 Å². The molecule has 0 aliphatic heterocycles. The molecule has 1 unspecified atom stereocenters. The highest BCUT2D eigenvalue weighted by Crippen LogP contribution is 2.34. The molecule has 5 nitrogen and oxygen atoms in total. The molecule has 0 aliphatic rings. The molecule has 1 N–H and O–H groups in total. The van der Waals surface area contributed by atoms with Gasteiger partial charge < -0.3 is 14.5 Å². The monoisotopic (exact) mass is 341 g/mol. The lowest BCUT2D eigenvalue weighted by Gasteiger charge is -2.20. The van der Waals surface area contributed by atoms with Crippen molar-refractivity contribution in [2.75, 3.05) is 13.7 Å². The first-order chi connectivity index (χ1) is 9.72. The Bertz CT molecular complexity index is 550. The number of rotatable bonds is 7. The van der Waals surface area contributed by atoms with Crippen LogP contribution in [0.4, 0.5) is 0 Å². The van der Waals surface area contributed by atoms with Crippen molar-refractivity contribution < 1.29 is 9.15 Å². The lowest BCUT2D eigenvalue weighted by Crippen LogP contribution is -2.25. The SMILES string of the molecule is CCCn1ncc(OC)c1C(NCC)c1ccoc1Br. The molecule has 2 aromatic heterocycles. The minimum absolute atomic E-state index is 0.0166. The van der Waals surface area contributed by atoms with Gasteiger partial charge in [0.1, 0.15) is 5.69 Å². The maximum Gasteiger partial charge on any atom is 0.174 e. The van der Waals surface area contributed by atoms with Gasteiger partial charge in [-0.25, -0.2) is 0 Å². The number of furan rings is 1. The van der Waals surface area contributed by atoms with Gasteiger partial charge in [0.2, 0.25) is 0 Å². The van der Waals surface area contributed by atoms with Crippen molar-refractivity contribution in [2.24, 2.45) is 0 Å². The molecule has 110 valence electrons. The lowest BCUT2D eigenvalue weighted by molar-refractivity contribution is 0.397. The second-order valence-electron chi connectivity index (χ2n) is 4.46. The Morgan fingerprint density at radius 1 is 1.50 bits per heavy atom. The molecule has 0 spiro atoms. The third kappa shape index (κ3) is 2.91. The van der Waals surface area contributed by atoms with Crippen molar-refractivity contribution in [3.8, 4) is 5.75 Å². The number of hydrogen-bond donors (Lipinski definition) is 1. The van der Waals surface area contributed by atoms with Crippen LogP contribution in [-0.4, -0.2) is 23.4 Å². The number of nitrogens with one attached hydrogen (secondary N) is 1. The molecular weight excluding hydrogens is 322 g/mol. The van der Waals surface area contributed by atoms with Gasteiger partial charge in [0.15, 0.2) is 10.4 Å². The fourth-order valence-electron chi connectivity index (χ4n) is 2.28. The van der Waals surface area contributed by atoms with E-state index in [-0.39, 0.29) is 6.04 Å². The molecule has 0 bridgehead atoms. The summed E-state index contributed by atoms with van der Waals surface area (Å²) in [7, 11) is 1.67. The number of aromatic nitrogens is 2. The zero-order chi connectivity index (χ0) is 14.5. The quantitative estimate of drug-likeness (QED) is 0.838. The molecule has 0 radical (unpaired) electrons. The Labute approximate surface area is 127 Å². The molecule has 6 heteroatoms. The maximum atomic E-state index is 5.47. The van der Waals surface area contributed by atoms with Crippen molar-refractivity contribution in [3.05, 3.63) is 34.5 Å². The fraction of sp³-hybridized carbons (Fsp3) is 0.500. The van der Waals surface area contributed by atoms with E-state index >= 15 is 0 Å². The predicted octanol–water partition coefficient (Wildman–Crippen LogP) is 3.36. The number of nitrogens with zero attached hydrogens (tertiary/aromatic N) is 2. The van der Waals surface area contributed by atoms with Gasteiger partial charge in [-0.3, -0.25) is 4.68 Å². The fourth-order valence-corrected chi connectivity index (χ4v) is 2.75. The second kappa shape index (κ2) is 6.95. The van der Waals surface area contributed by atoms with Crippen LogP contribution in [0.3, 0.4) is 0 Å². The highest BCUT2D eigenvalue weighted by molar-refractivity contribution is 9.10. The van der Waals surface area contributed by atoms with E-state index in [1.165, 1.54) is 0 Å². The van der Waals surface area contributed by atoms with Crippen LogP contribution in [0.2, 0.25) is 0 Å². The van der Waals surface area contributed by atoms with E-state index in [1.54, 1.807) is 19.6 Å². The van der Waals surface area contributed by atoms with Crippen LogP contribution in [0.5, 0.6) is 5.75 Å². The first kappa shape index (κ1) is 15.1. The van der Waals surface area contributed by atoms with E-state index in [1.807, 2.05) is 10.7 Å². The molecule has 0 aromatic carbocycles. The summed E-state index contributed by atoms with van der Waals surface area (Å²) in [6.07, 6.45) is 4.46. The molecule has 2 heterocycles. The normalized spacial score (nSPS) is 12.6. The van der Waals surface area contributed by atoms with Gasteiger partial charge >= 0.3 is 0 Å². The minimum atomic E-state index is -0.0166. The van der Waals surface area contributed by atoms with E-state index in [4.69, 9.17) is 9.15 Å². The van der Waals surface area contributed by atoms with Crippen molar-refractivity contribution in [1.29, 1.82) is 0 Å².